The van der Waals surface area contributed by atoms with Gasteiger partial charge in [-0.15, -0.1) is 11.3 Å². The second kappa shape index (κ2) is 5.66. The van der Waals surface area contributed by atoms with Crippen LogP contribution in [0, 0.1) is 20.2 Å². The Labute approximate surface area is 131 Å². The number of fused-ring (bicyclic) bond motifs is 1. The van der Waals surface area contributed by atoms with Crippen molar-refractivity contribution in [3.63, 3.8) is 0 Å². The zero-order valence-electron chi connectivity index (χ0n) is 10.7. The minimum Gasteiger partial charge on any atom is -0.258 e. The van der Waals surface area contributed by atoms with E-state index in [1.54, 1.807) is 0 Å². The van der Waals surface area contributed by atoms with Gasteiger partial charge in [0.1, 0.15) is 6.20 Å². The number of nitrogens with zero attached hydrogens (tertiary/aromatic N) is 4. The summed E-state index contributed by atoms with van der Waals surface area (Å²) < 4.78 is 1.54. The van der Waals surface area contributed by atoms with Crippen LogP contribution in [0.1, 0.15) is 0 Å². The van der Waals surface area contributed by atoms with E-state index < -0.39 is 21.2 Å². The molecule has 3 rings (SSSR count). The standard InChI is InChI=1S/C12H6N4O4S2/c17-15(18)7-5-9(16(19)20)11(13-6-7)22-12-14-8-3-1-2-4-10(8)21-12/h1-6H. The molecule has 1 aromatic carbocycles. The molecule has 0 saturated heterocycles. The molecule has 0 radical (unpaired) electrons. The largest absolute Gasteiger partial charge is 0.308 e. The summed E-state index contributed by atoms with van der Waals surface area (Å²) in [5.41, 5.74) is -0.0293. The van der Waals surface area contributed by atoms with E-state index >= 15 is 0 Å². The lowest BCUT2D eigenvalue weighted by Crippen LogP contribution is -1.96. The second-order valence-electron chi connectivity index (χ2n) is 4.08. The summed E-state index contributed by atoms with van der Waals surface area (Å²) in [6.45, 7) is 0. The van der Waals surface area contributed by atoms with Gasteiger partial charge in [0.05, 0.1) is 26.1 Å². The molecule has 0 aliphatic carbocycles. The van der Waals surface area contributed by atoms with Crippen molar-refractivity contribution < 1.29 is 9.85 Å². The molecule has 0 aliphatic heterocycles. The smallest absolute Gasteiger partial charge is 0.258 e. The monoisotopic (exact) mass is 334 g/mol. The maximum atomic E-state index is 11.1. The van der Waals surface area contributed by atoms with Crippen LogP contribution in [-0.4, -0.2) is 19.8 Å². The number of para-hydroxylation sites is 1. The topological polar surface area (TPSA) is 112 Å². The van der Waals surface area contributed by atoms with E-state index in [4.69, 9.17) is 0 Å². The number of benzene rings is 1. The van der Waals surface area contributed by atoms with Crippen LogP contribution in [0.2, 0.25) is 0 Å². The summed E-state index contributed by atoms with van der Waals surface area (Å²) in [6.07, 6.45) is 1.00. The van der Waals surface area contributed by atoms with Crippen LogP contribution in [-0.2, 0) is 0 Å². The molecule has 0 fully saturated rings. The van der Waals surface area contributed by atoms with Gasteiger partial charge in [-0.2, -0.15) is 0 Å². The lowest BCUT2D eigenvalue weighted by Gasteiger charge is -1.99. The zero-order chi connectivity index (χ0) is 15.7. The molecule has 110 valence electrons. The molecule has 10 heteroatoms. The fourth-order valence-corrected chi connectivity index (χ4v) is 3.74. The van der Waals surface area contributed by atoms with Crippen molar-refractivity contribution >= 4 is 44.7 Å². The van der Waals surface area contributed by atoms with Gasteiger partial charge in [0.25, 0.3) is 5.69 Å². The fraction of sp³-hybridized carbons (Fsp3) is 0. The SMILES string of the molecule is O=[N+]([O-])c1cnc(Sc2nc3ccccc3s2)c([N+](=O)[O-])c1. The molecule has 0 saturated carbocycles. The van der Waals surface area contributed by atoms with Gasteiger partial charge in [0, 0.05) is 0 Å². The van der Waals surface area contributed by atoms with Gasteiger partial charge in [0.15, 0.2) is 9.37 Å². The number of hydrogen-bond acceptors (Lipinski definition) is 8. The zero-order valence-corrected chi connectivity index (χ0v) is 12.3. The predicted octanol–water partition coefficient (Wildman–Crippen LogP) is 3.66. The summed E-state index contributed by atoms with van der Waals surface area (Å²) in [4.78, 5) is 28.5. The van der Waals surface area contributed by atoms with Crippen LogP contribution < -0.4 is 0 Å². The van der Waals surface area contributed by atoms with Crippen LogP contribution in [0.15, 0.2) is 45.9 Å². The molecular weight excluding hydrogens is 328 g/mol. The normalized spacial score (nSPS) is 10.7. The van der Waals surface area contributed by atoms with Gasteiger partial charge in [-0.05, 0) is 23.9 Å². The Hall–Kier alpha value is -2.59. The third-order valence-corrected chi connectivity index (χ3v) is 4.79. The summed E-state index contributed by atoms with van der Waals surface area (Å²) in [5, 5.41) is 21.8. The van der Waals surface area contributed by atoms with Gasteiger partial charge < -0.3 is 0 Å². The molecule has 0 bridgehead atoms. The van der Waals surface area contributed by atoms with Gasteiger partial charge in [-0.25, -0.2) is 9.97 Å². The molecule has 0 atom stereocenters. The Morgan fingerprint density at radius 2 is 1.91 bits per heavy atom. The average Bonchev–Trinajstić information content (AvgIpc) is 2.89. The highest BCUT2D eigenvalue weighted by Crippen LogP contribution is 2.38. The molecule has 0 N–H and O–H groups in total. The van der Waals surface area contributed by atoms with Crippen molar-refractivity contribution in [1.82, 2.24) is 9.97 Å². The van der Waals surface area contributed by atoms with Crippen LogP contribution >= 0.6 is 23.1 Å². The Kier molecular flexibility index (Phi) is 3.69. The first kappa shape index (κ1) is 14.4. The second-order valence-corrected chi connectivity index (χ2v) is 6.35. The molecule has 0 spiro atoms. The van der Waals surface area contributed by atoms with Crippen LogP contribution in [0.25, 0.3) is 10.2 Å². The minimum atomic E-state index is -0.716. The van der Waals surface area contributed by atoms with E-state index in [9.17, 15) is 20.2 Å². The lowest BCUT2D eigenvalue weighted by molar-refractivity contribution is -0.396. The van der Waals surface area contributed by atoms with Crippen molar-refractivity contribution in [2.45, 2.75) is 9.37 Å². The first-order valence-corrected chi connectivity index (χ1v) is 7.50. The van der Waals surface area contributed by atoms with E-state index in [0.29, 0.717) is 4.34 Å². The third-order valence-electron chi connectivity index (χ3n) is 2.68. The van der Waals surface area contributed by atoms with Gasteiger partial charge in [-0.3, -0.25) is 20.2 Å². The van der Waals surface area contributed by atoms with E-state index in [2.05, 4.69) is 9.97 Å². The van der Waals surface area contributed by atoms with E-state index in [-0.39, 0.29) is 5.03 Å². The molecule has 2 heterocycles. The number of aromatic nitrogens is 2. The van der Waals surface area contributed by atoms with Crippen molar-refractivity contribution in [3.05, 3.63) is 56.8 Å². The molecule has 0 amide bonds. The molecular formula is C12H6N4O4S2. The van der Waals surface area contributed by atoms with Crippen LogP contribution in [0.3, 0.4) is 0 Å². The number of thiazole rings is 1. The van der Waals surface area contributed by atoms with Gasteiger partial charge >= 0.3 is 5.69 Å². The first-order valence-electron chi connectivity index (χ1n) is 5.87. The molecule has 8 nitrogen and oxygen atoms in total. The lowest BCUT2D eigenvalue weighted by atomic mass is 10.3. The highest BCUT2D eigenvalue weighted by molar-refractivity contribution is 8.01. The van der Waals surface area contributed by atoms with E-state index in [1.807, 2.05) is 24.3 Å². The molecule has 0 unspecified atom stereocenters. The Balaban J connectivity index is 2.00. The van der Waals surface area contributed by atoms with Gasteiger partial charge in [0.2, 0.25) is 0 Å². The molecule has 3 aromatic rings. The quantitative estimate of drug-likeness (QED) is 0.528. The summed E-state index contributed by atoms with van der Waals surface area (Å²) in [7, 11) is 0. The average molecular weight is 334 g/mol. The fourth-order valence-electron chi connectivity index (χ4n) is 1.72. The number of hydrogen-bond donors (Lipinski definition) is 0. The van der Waals surface area contributed by atoms with Crippen molar-refractivity contribution in [2.75, 3.05) is 0 Å². The highest BCUT2D eigenvalue weighted by atomic mass is 32.2. The number of nitro groups is 2. The van der Waals surface area contributed by atoms with E-state index in [1.165, 1.54) is 11.3 Å². The first-order chi connectivity index (χ1) is 10.5. The third kappa shape index (κ3) is 2.73. The molecule has 2 aromatic heterocycles. The van der Waals surface area contributed by atoms with Crippen LogP contribution in [0.4, 0.5) is 11.4 Å². The summed E-state index contributed by atoms with van der Waals surface area (Å²) >= 11 is 2.40. The Morgan fingerprint density at radius 3 is 2.59 bits per heavy atom. The molecule has 0 aliphatic rings. The molecule has 22 heavy (non-hydrogen) atoms. The van der Waals surface area contributed by atoms with Crippen molar-refractivity contribution in [3.8, 4) is 0 Å². The van der Waals surface area contributed by atoms with Crippen molar-refractivity contribution in [2.24, 2.45) is 0 Å². The number of pyridine rings is 1. The maximum absolute atomic E-state index is 11.1. The van der Waals surface area contributed by atoms with Crippen molar-refractivity contribution in [1.29, 1.82) is 0 Å². The maximum Gasteiger partial charge on any atom is 0.308 e. The minimum absolute atomic E-state index is 0.0784. The van der Waals surface area contributed by atoms with E-state index in [0.717, 1.165) is 34.2 Å². The Morgan fingerprint density at radius 1 is 1.14 bits per heavy atom. The predicted molar refractivity (Wildman–Crippen MR) is 81.3 cm³/mol. The highest BCUT2D eigenvalue weighted by Gasteiger charge is 2.22. The van der Waals surface area contributed by atoms with Gasteiger partial charge in [-0.1, -0.05) is 12.1 Å². The Bertz CT molecular complexity index is 863. The van der Waals surface area contributed by atoms with Crippen LogP contribution in [0.5, 0.6) is 0 Å². The number of rotatable bonds is 4. The summed E-state index contributed by atoms with van der Waals surface area (Å²) in [5.74, 6) is 0. The summed E-state index contributed by atoms with van der Waals surface area (Å²) in [6, 6.07) is 8.37.